The van der Waals surface area contributed by atoms with Gasteiger partial charge in [0, 0.05) is 25.4 Å². The van der Waals surface area contributed by atoms with Gasteiger partial charge in [-0.1, -0.05) is 0 Å². The molecular formula is C12H17N3O3. The Morgan fingerprint density at radius 1 is 1.39 bits per heavy atom. The first kappa shape index (κ1) is 14.1. The fraction of sp³-hybridized carbons (Fsp3) is 0.417. The molecule has 1 atom stereocenters. The van der Waals surface area contributed by atoms with Crippen LogP contribution < -0.4 is 11.1 Å². The van der Waals surface area contributed by atoms with Crippen LogP contribution in [0.1, 0.15) is 18.4 Å². The second-order valence-corrected chi connectivity index (χ2v) is 3.94. The van der Waals surface area contributed by atoms with Crippen molar-refractivity contribution >= 4 is 11.9 Å². The monoisotopic (exact) mass is 251 g/mol. The van der Waals surface area contributed by atoms with Gasteiger partial charge in [-0.3, -0.25) is 14.6 Å². The number of carboxylic acid groups (broad SMARTS) is 1. The van der Waals surface area contributed by atoms with Crippen LogP contribution in [0.15, 0.2) is 24.5 Å². The molecule has 1 amide bonds. The summed E-state index contributed by atoms with van der Waals surface area (Å²) >= 11 is 0. The third-order valence-corrected chi connectivity index (χ3v) is 2.47. The first-order valence-electron chi connectivity index (χ1n) is 5.73. The fourth-order valence-electron chi connectivity index (χ4n) is 1.42. The highest BCUT2D eigenvalue weighted by molar-refractivity contribution is 5.82. The summed E-state index contributed by atoms with van der Waals surface area (Å²) in [4.78, 5) is 25.7. The van der Waals surface area contributed by atoms with Crippen LogP contribution in [0.25, 0.3) is 0 Å². The summed E-state index contributed by atoms with van der Waals surface area (Å²) in [5.41, 5.74) is 6.63. The Balaban J connectivity index is 2.22. The molecule has 98 valence electrons. The summed E-state index contributed by atoms with van der Waals surface area (Å²) in [7, 11) is 0. The number of hydrogen-bond donors (Lipinski definition) is 3. The third kappa shape index (κ3) is 5.40. The van der Waals surface area contributed by atoms with Crippen LogP contribution in [-0.4, -0.2) is 34.6 Å². The minimum absolute atomic E-state index is 0.0983. The first-order valence-corrected chi connectivity index (χ1v) is 5.73. The molecule has 6 heteroatoms. The highest BCUT2D eigenvalue weighted by Crippen LogP contribution is 1.97. The topological polar surface area (TPSA) is 105 Å². The summed E-state index contributed by atoms with van der Waals surface area (Å²) < 4.78 is 0. The van der Waals surface area contributed by atoms with Crippen LogP contribution in [0.4, 0.5) is 0 Å². The molecule has 0 aliphatic rings. The molecule has 0 aliphatic carbocycles. The van der Waals surface area contributed by atoms with Gasteiger partial charge in [0.05, 0.1) is 6.04 Å². The van der Waals surface area contributed by atoms with Gasteiger partial charge in [-0.25, -0.2) is 0 Å². The Morgan fingerprint density at radius 3 is 2.67 bits per heavy atom. The van der Waals surface area contributed by atoms with Crippen LogP contribution in [0.3, 0.4) is 0 Å². The molecule has 1 aromatic heterocycles. The van der Waals surface area contributed by atoms with Gasteiger partial charge in [-0.2, -0.15) is 0 Å². The van der Waals surface area contributed by atoms with E-state index in [9.17, 15) is 9.59 Å². The molecule has 1 heterocycles. The van der Waals surface area contributed by atoms with Crippen molar-refractivity contribution in [2.24, 2.45) is 5.73 Å². The lowest BCUT2D eigenvalue weighted by Crippen LogP contribution is -2.41. The number of carbonyl (C=O) groups excluding carboxylic acids is 1. The van der Waals surface area contributed by atoms with Crippen molar-refractivity contribution in [3.05, 3.63) is 30.1 Å². The molecule has 1 unspecified atom stereocenters. The summed E-state index contributed by atoms with van der Waals surface area (Å²) in [6.07, 6.45) is 4.13. The van der Waals surface area contributed by atoms with E-state index >= 15 is 0 Å². The molecule has 6 nitrogen and oxygen atoms in total. The maximum atomic E-state index is 11.5. The Labute approximate surface area is 105 Å². The maximum Gasteiger partial charge on any atom is 0.303 e. The summed E-state index contributed by atoms with van der Waals surface area (Å²) in [6, 6.07) is 2.98. The predicted octanol–water partition coefficient (Wildman–Crippen LogP) is -0.0676. The van der Waals surface area contributed by atoms with Gasteiger partial charge < -0.3 is 16.2 Å². The second-order valence-electron chi connectivity index (χ2n) is 3.94. The Hall–Kier alpha value is -1.95. The molecule has 18 heavy (non-hydrogen) atoms. The molecule has 0 bridgehead atoms. The zero-order valence-electron chi connectivity index (χ0n) is 10.0. The average molecular weight is 251 g/mol. The number of aromatic nitrogens is 1. The van der Waals surface area contributed by atoms with Crippen molar-refractivity contribution in [3.63, 3.8) is 0 Å². The van der Waals surface area contributed by atoms with Gasteiger partial charge in [0.2, 0.25) is 5.91 Å². The number of nitrogens with one attached hydrogen (secondary N) is 1. The molecule has 0 saturated carbocycles. The van der Waals surface area contributed by atoms with Crippen molar-refractivity contribution in [3.8, 4) is 0 Å². The summed E-state index contributed by atoms with van der Waals surface area (Å²) in [5.74, 6) is -1.26. The van der Waals surface area contributed by atoms with Gasteiger partial charge >= 0.3 is 5.97 Å². The number of nitrogens with zero attached hydrogens (tertiary/aromatic N) is 1. The molecular weight excluding hydrogens is 234 g/mol. The lowest BCUT2D eigenvalue weighted by Gasteiger charge is -2.11. The number of nitrogens with two attached hydrogens (primary N) is 1. The van der Waals surface area contributed by atoms with E-state index in [1.54, 1.807) is 12.4 Å². The highest BCUT2D eigenvalue weighted by Gasteiger charge is 2.13. The van der Waals surface area contributed by atoms with Gasteiger partial charge in [0.15, 0.2) is 0 Å². The van der Waals surface area contributed by atoms with Crippen LogP contribution in [-0.2, 0) is 16.0 Å². The van der Waals surface area contributed by atoms with Crippen molar-refractivity contribution in [2.75, 3.05) is 6.54 Å². The number of rotatable bonds is 7. The van der Waals surface area contributed by atoms with Crippen LogP contribution in [0.2, 0.25) is 0 Å². The van der Waals surface area contributed by atoms with E-state index in [0.29, 0.717) is 13.0 Å². The van der Waals surface area contributed by atoms with E-state index in [1.807, 2.05) is 12.1 Å². The Kier molecular flexibility index (Phi) is 5.79. The molecule has 0 fully saturated rings. The zero-order valence-corrected chi connectivity index (χ0v) is 10.0. The highest BCUT2D eigenvalue weighted by atomic mass is 16.4. The van der Waals surface area contributed by atoms with Crippen molar-refractivity contribution in [1.82, 2.24) is 10.3 Å². The Bertz CT molecular complexity index is 395. The number of hydrogen-bond acceptors (Lipinski definition) is 4. The summed E-state index contributed by atoms with van der Waals surface area (Å²) in [5, 5.41) is 11.2. The molecule has 0 saturated heterocycles. The van der Waals surface area contributed by atoms with Crippen molar-refractivity contribution < 1.29 is 14.7 Å². The quantitative estimate of drug-likeness (QED) is 0.629. The predicted molar refractivity (Wildman–Crippen MR) is 65.8 cm³/mol. The van der Waals surface area contributed by atoms with E-state index in [-0.39, 0.29) is 18.7 Å². The second kappa shape index (κ2) is 7.39. The molecule has 1 aromatic rings. The lowest BCUT2D eigenvalue weighted by atomic mass is 10.1. The van der Waals surface area contributed by atoms with Gasteiger partial charge in [-0.15, -0.1) is 0 Å². The molecule has 0 aliphatic heterocycles. The fourth-order valence-corrected chi connectivity index (χ4v) is 1.42. The van der Waals surface area contributed by atoms with E-state index in [1.165, 1.54) is 0 Å². The third-order valence-electron chi connectivity index (χ3n) is 2.47. The average Bonchev–Trinajstić information content (AvgIpc) is 2.37. The van der Waals surface area contributed by atoms with Crippen molar-refractivity contribution in [1.29, 1.82) is 0 Å². The standard InChI is InChI=1S/C12H17N3O3/c13-10(1-2-11(16)17)12(18)15-8-5-9-3-6-14-7-4-9/h3-4,6-7,10H,1-2,5,8,13H2,(H,15,18)(H,16,17). The largest absolute Gasteiger partial charge is 0.481 e. The smallest absolute Gasteiger partial charge is 0.303 e. The number of carbonyl (C=O) groups is 2. The Morgan fingerprint density at radius 2 is 2.06 bits per heavy atom. The van der Waals surface area contributed by atoms with Crippen LogP contribution in [0.5, 0.6) is 0 Å². The maximum absolute atomic E-state index is 11.5. The molecule has 4 N–H and O–H groups in total. The molecule has 1 rings (SSSR count). The van der Waals surface area contributed by atoms with E-state index < -0.39 is 12.0 Å². The minimum Gasteiger partial charge on any atom is -0.481 e. The summed E-state index contributed by atoms with van der Waals surface area (Å²) in [6.45, 7) is 0.476. The van der Waals surface area contributed by atoms with E-state index in [4.69, 9.17) is 10.8 Å². The minimum atomic E-state index is -0.949. The molecule has 0 spiro atoms. The number of aliphatic carboxylic acids is 1. The molecule has 0 aromatic carbocycles. The van der Waals surface area contributed by atoms with Gasteiger partial charge in [0.25, 0.3) is 0 Å². The molecule has 0 radical (unpaired) electrons. The van der Waals surface area contributed by atoms with E-state index in [0.717, 1.165) is 5.56 Å². The van der Waals surface area contributed by atoms with Crippen LogP contribution in [0, 0.1) is 0 Å². The normalized spacial score (nSPS) is 11.8. The van der Waals surface area contributed by atoms with Gasteiger partial charge in [0.1, 0.15) is 0 Å². The SMILES string of the molecule is NC(CCC(=O)O)C(=O)NCCc1ccncc1. The number of pyridine rings is 1. The van der Waals surface area contributed by atoms with Gasteiger partial charge in [-0.05, 0) is 30.5 Å². The zero-order chi connectivity index (χ0) is 13.4. The first-order chi connectivity index (χ1) is 8.59. The van der Waals surface area contributed by atoms with E-state index in [2.05, 4.69) is 10.3 Å². The number of amides is 1. The lowest BCUT2D eigenvalue weighted by molar-refractivity contribution is -0.137. The van der Waals surface area contributed by atoms with Crippen LogP contribution >= 0.6 is 0 Å². The van der Waals surface area contributed by atoms with Crippen molar-refractivity contribution in [2.45, 2.75) is 25.3 Å². The number of carboxylic acids is 1.